The van der Waals surface area contributed by atoms with Gasteiger partial charge >= 0.3 is 0 Å². The average molecular weight is 220 g/mol. The van der Waals surface area contributed by atoms with E-state index in [0.29, 0.717) is 12.2 Å². The predicted octanol–water partition coefficient (Wildman–Crippen LogP) is 1.87. The summed E-state index contributed by atoms with van der Waals surface area (Å²) < 4.78 is 15.3. The Kier molecular flexibility index (Phi) is 2.85. The lowest BCUT2D eigenvalue weighted by Crippen LogP contribution is -2.07. The molecule has 1 heterocycles. The lowest BCUT2D eigenvalue weighted by atomic mass is 10.2. The van der Waals surface area contributed by atoms with Crippen LogP contribution in [0.1, 0.15) is 11.4 Å². The highest BCUT2D eigenvalue weighted by atomic mass is 19.1. The van der Waals surface area contributed by atoms with Crippen molar-refractivity contribution in [3.8, 4) is 0 Å². The van der Waals surface area contributed by atoms with Gasteiger partial charge in [0.25, 0.3) is 0 Å². The van der Waals surface area contributed by atoms with Crippen LogP contribution < -0.4 is 5.32 Å². The van der Waals surface area contributed by atoms with Crippen molar-refractivity contribution in [3.63, 3.8) is 0 Å². The Morgan fingerprint density at radius 1 is 1.44 bits per heavy atom. The van der Waals surface area contributed by atoms with Crippen molar-refractivity contribution < 1.29 is 4.39 Å². The number of benzene rings is 1. The standard InChI is InChI=1S/C11H13FN4/c1-8-4-3-5-9(12)11(8)13-6-10-15-14-7-16(10)2/h3-5,7,13H,6H2,1-2H3. The second-order valence-electron chi connectivity index (χ2n) is 3.64. The molecule has 84 valence electrons. The molecular weight excluding hydrogens is 207 g/mol. The molecule has 1 N–H and O–H groups in total. The van der Waals surface area contributed by atoms with Crippen molar-refractivity contribution >= 4 is 5.69 Å². The van der Waals surface area contributed by atoms with Gasteiger partial charge in [0.15, 0.2) is 5.82 Å². The van der Waals surface area contributed by atoms with Gasteiger partial charge in [-0.05, 0) is 18.6 Å². The van der Waals surface area contributed by atoms with Crippen LogP contribution >= 0.6 is 0 Å². The topological polar surface area (TPSA) is 42.7 Å². The van der Waals surface area contributed by atoms with Gasteiger partial charge in [-0.2, -0.15) is 0 Å². The highest BCUT2D eigenvalue weighted by molar-refractivity contribution is 5.51. The van der Waals surface area contributed by atoms with Crippen molar-refractivity contribution in [2.45, 2.75) is 13.5 Å². The molecule has 1 aromatic carbocycles. The van der Waals surface area contributed by atoms with Crippen molar-refractivity contribution in [1.29, 1.82) is 0 Å². The number of nitrogens with one attached hydrogen (secondary N) is 1. The summed E-state index contributed by atoms with van der Waals surface area (Å²) in [6.07, 6.45) is 1.62. The van der Waals surface area contributed by atoms with E-state index in [-0.39, 0.29) is 5.82 Å². The summed E-state index contributed by atoms with van der Waals surface area (Å²) >= 11 is 0. The molecule has 1 aromatic heterocycles. The molecule has 0 spiro atoms. The molecule has 0 bridgehead atoms. The highest BCUT2D eigenvalue weighted by Crippen LogP contribution is 2.18. The van der Waals surface area contributed by atoms with Crippen LogP contribution in [0.4, 0.5) is 10.1 Å². The van der Waals surface area contributed by atoms with Crippen LogP contribution in [0.15, 0.2) is 24.5 Å². The Morgan fingerprint density at radius 2 is 2.25 bits per heavy atom. The molecule has 0 radical (unpaired) electrons. The second-order valence-corrected chi connectivity index (χ2v) is 3.64. The first-order chi connectivity index (χ1) is 7.68. The highest BCUT2D eigenvalue weighted by Gasteiger charge is 2.06. The molecule has 0 atom stereocenters. The second kappa shape index (κ2) is 4.30. The third-order valence-corrected chi connectivity index (χ3v) is 2.45. The maximum atomic E-state index is 13.5. The third kappa shape index (κ3) is 2.03. The van der Waals surface area contributed by atoms with E-state index in [9.17, 15) is 4.39 Å². The molecule has 0 aliphatic rings. The first-order valence-electron chi connectivity index (χ1n) is 5.00. The summed E-state index contributed by atoms with van der Waals surface area (Å²) in [5.41, 5.74) is 1.40. The molecule has 16 heavy (non-hydrogen) atoms. The number of rotatable bonds is 3. The van der Waals surface area contributed by atoms with Gasteiger partial charge in [0.2, 0.25) is 0 Å². The van der Waals surface area contributed by atoms with E-state index >= 15 is 0 Å². The fourth-order valence-corrected chi connectivity index (χ4v) is 1.49. The van der Waals surface area contributed by atoms with Crippen LogP contribution in [-0.2, 0) is 13.6 Å². The molecule has 2 rings (SSSR count). The number of aryl methyl sites for hydroxylation is 2. The molecule has 0 saturated heterocycles. The van der Waals surface area contributed by atoms with Crippen LogP contribution in [0.2, 0.25) is 0 Å². The predicted molar refractivity (Wildman–Crippen MR) is 59.5 cm³/mol. The van der Waals surface area contributed by atoms with Gasteiger partial charge in [0.05, 0.1) is 12.2 Å². The van der Waals surface area contributed by atoms with Crippen molar-refractivity contribution in [1.82, 2.24) is 14.8 Å². The van der Waals surface area contributed by atoms with Crippen LogP contribution in [0, 0.1) is 12.7 Å². The minimum absolute atomic E-state index is 0.248. The van der Waals surface area contributed by atoms with Crippen LogP contribution in [0.3, 0.4) is 0 Å². The number of anilines is 1. The Bertz CT molecular complexity index is 472. The SMILES string of the molecule is Cc1cccc(F)c1NCc1nncn1C. The van der Waals surface area contributed by atoms with E-state index in [0.717, 1.165) is 11.4 Å². The lowest BCUT2D eigenvalue weighted by molar-refractivity contribution is 0.628. The molecule has 0 fully saturated rings. The molecule has 0 aliphatic carbocycles. The van der Waals surface area contributed by atoms with Gasteiger partial charge in [0.1, 0.15) is 12.1 Å². The quantitative estimate of drug-likeness (QED) is 0.858. The Hall–Kier alpha value is -1.91. The number of aromatic nitrogens is 3. The maximum Gasteiger partial charge on any atom is 0.151 e. The Balaban J connectivity index is 2.14. The van der Waals surface area contributed by atoms with Gasteiger partial charge in [-0.1, -0.05) is 12.1 Å². The molecule has 0 amide bonds. The molecule has 0 unspecified atom stereocenters. The lowest BCUT2D eigenvalue weighted by Gasteiger charge is -2.09. The normalized spacial score (nSPS) is 10.4. The first kappa shape index (κ1) is 10.6. The van der Waals surface area contributed by atoms with E-state index in [2.05, 4.69) is 15.5 Å². The molecule has 4 nitrogen and oxygen atoms in total. The number of nitrogens with zero attached hydrogens (tertiary/aromatic N) is 3. The Morgan fingerprint density at radius 3 is 2.88 bits per heavy atom. The number of hydrogen-bond acceptors (Lipinski definition) is 3. The fourth-order valence-electron chi connectivity index (χ4n) is 1.49. The zero-order chi connectivity index (χ0) is 11.5. The largest absolute Gasteiger partial charge is 0.375 e. The summed E-state index contributed by atoms with van der Waals surface area (Å²) in [5, 5.41) is 10.7. The average Bonchev–Trinajstić information content (AvgIpc) is 2.64. The first-order valence-corrected chi connectivity index (χ1v) is 5.00. The number of halogens is 1. The summed E-state index contributed by atoms with van der Waals surface area (Å²) in [7, 11) is 1.85. The van der Waals surface area contributed by atoms with E-state index in [1.807, 2.05) is 20.0 Å². The summed E-state index contributed by atoms with van der Waals surface area (Å²) in [6.45, 7) is 2.32. The van der Waals surface area contributed by atoms with Crippen LogP contribution in [0.25, 0.3) is 0 Å². The monoisotopic (exact) mass is 220 g/mol. The smallest absolute Gasteiger partial charge is 0.151 e. The molecule has 5 heteroatoms. The van der Waals surface area contributed by atoms with Gasteiger partial charge in [0, 0.05) is 7.05 Å². The molecule has 2 aromatic rings. The summed E-state index contributed by atoms with van der Waals surface area (Å²) in [4.78, 5) is 0. The zero-order valence-electron chi connectivity index (χ0n) is 9.24. The Labute approximate surface area is 93.1 Å². The zero-order valence-corrected chi connectivity index (χ0v) is 9.24. The number of hydrogen-bond donors (Lipinski definition) is 1. The minimum atomic E-state index is -0.248. The van der Waals surface area contributed by atoms with Gasteiger partial charge in [-0.3, -0.25) is 0 Å². The van der Waals surface area contributed by atoms with Crippen molar-refractivity contribution in [2.75, 3.05) is 5.32 Å². The maximum absolute atomic E-state index is 13.5. The van der Waals surface area contributed by atoms with Crippen molar-refractivity contribution in [2.24, 2.45) is 7.05 Å². The molecular formula is C11H13FN4. The fraction of sp³-hybridized carbons (Fsp3) is 0.273. The van der Waals surface area contributed by atoms with Gasteiger partial charge in [-0.15, -0.1) is 10.2 Å². The van der Waals surface area contributed by atoms with Gasteiger partial charge in [-0.25, -0.2) is 4.39 Å². The van der Waals surface area contributed by atoms with Gasteiger partial charge < -0.3 is 9.88 Å². The van der Waals surface area contributed by atoms with Crippen LogP contribution in [-0.4, -0.2) is 14.8 Å². The van der Waals surface area contributed by atoms with E-state index in [4.69, 9.17) is 0 Å². The summed E-state index contributed by atoms with van der Waals surface area (Å²) in [5.74, 6) is 0.518. The third-order valence-electron chi connectivity index (χ3n) is 2.45. The van der Waals surface area contributed by atoms with Crippen molar-refractivity contribution in [3.05, 3.63) is 41.7 Å². The van der Waals surface area contributed by atoms with E-state index in [1.54, 1.807) is 17.0 Å². The van der Waals surface area contributed by atoms with E-state index in [1.165, 1.54) is 6.07 Å². The number of para-hydroxylation sites is 1. The molecule has 0 aliphatic heterocycles. The summed E-state index contributed by atoms with van der Waals surface area (Å²) in [6, 6.07) is 4.99. The minimum Gasteiger partial charge on any atom is -0.375 e. The van der Waals surface area contributed by atoms with E-state index < -0.39 is 0 Å². The molecule has 0 saturated carbocycles. The van der Waals surface area contributed by atoms with Crippen LogP contribution in [0.5, 0.6) is 0 Å².